The summed E-state index contributed by atoms with van der Waals surface area (Å²) < 4.78 is 0. The third-order valence-corrected chi connectivity index (χ3v) is 5.39. The molecule has 102 valence electrons. The molecule has 2 saturated carbocycles. The van der Waals surface area contributed by atoms with Gasteiger partial charge >= 0.3 is 0 Å². The van der Waals surface area contributed by atoms with Gasteiger partial charge in [0.15, 0.2) is 0 Å². The maximum atomic E-state index is 12.8. The largest absolute Gasteiger partial charge is 0.338 e. The molecule has 0 aromatic heterocycles. The molecule has 3 rings (SSSR count). The van der Waals surface area contributed by atoms with Crippen LogP contribution in [0.1, 0.15) is 58.3 Å². The van der Waals surface area contributed by atoms with E-state index in [1.54, 1.807) is 0 Å². The third kappa shape index (κ3) is 2.07. The third-order valence-electron chi connectivity index (χ3n) is 5.39. The lowest BCUT2D eigenvalue weighted by Crippen LogP contribution is -2.60. The van der Waals surface area contributed by atoms with E-state index < -0.39 is 5.54 Å². The minimum atomic E-state index is -0.598. The fourth-order valence-electron chi connectivity index (χ4n) is 4.04. The molecule has 3 atom stereocenters. The van der Waals surface area contributed by atoms with Gasteiger partial charge in [0.1, 0.15) is 0 Å². The fourth-order valence-corrected chi connectivity index (χ4v) is 4.04. The van der Waals surface area contributed by atoms with Gasteiger partial charge in [-0.25, -0.2) is 0 Å². The van der Waals surface area contributed by atoms with Crippen molar-refractivity contribution in [3.8, 4) is 0 Å². The molecule has 3 nitrogen and oxygen atoms in total. The number of piperidine rings is 1. The lowest BCUT2D eigenvalue weighted by molar-refractivity contribution is -0.143. The topological polar surface area (TPSA) is 46.3 Å². The highest BCUT2D eigenvalue weighted by molar-refractivity contribution is 5.87. The summed E-state index contributed by atoms with van der Waals surface area (Å²) in [7, 11) is 0. The van der Waals surface area contributed by atoms with E-state index in [1.807, 2.05) is 6.92 Å². The molecule has 18 heavy (non-hydrogen) atoms. The second kappa shape index (κ2) is 4.52. The Bertz CT molecular complexity index is 333. The standard InChI is InChI=1S/C15H26N2O/c1-15(16,12-8-9-12)14(18)17-10-4-6-11-5-2-3-7-13(11)17/h11-13H,2-10,16H2,1H3. The van der Waals surface area contributed by atoms with Crippen LogP contribution in [-0.4, -0.2) is 28.9 Å². The van der Waals surface area contributed by atoms with E-state index in [9.17, 15) is 4.79 Å². The summed E-state index contributed by atoms with van der Waals surface area (Å²) in [6, 6.07) is 0.502. The maximum absolute atomic E-state index is 12.8. The van der Waals surface area contributed by atoms with Crippen molar-refractivity contribution >= 4 is 5.91 Å². The van der Waals surface area contributed by atoms with Crippen LogP contribution in [0.3, 0.4) is 0 Å². The molecule has 0 spiro atoms. The van der Waals surface area contributed by atoms with Crippen LogP contribution >= 0.6 is 0 Å². The van der Waals surface area contributed by atoms with Gasteiger partial charge in [0.2, 0.25) is 5.91 Å². The highest BCUT2D eigenvalue weighted by atomic mass is 16.2. The quantitative estimate of drug-likeness (QED) is 0.817. The number of rotatable bonds is 2. The Morgan fingerprint density at radius 1 is 1.11 bits per heavy atom. The lowest BCUT2D eigenvalue weighted by atomic mass is 9.77. The molecule has 3 aliphatic rings. The zero-order valence-electron chi connectivity index (χ0n) is 11.5. The Hall–Kier alpha value is -0.570. The number of carbonyl (C=O) groups excluding carboxylic acids is 1. The molecule has 1 aliphatic heterocycles. The first-order valence-corrected chi connectivity index (χ1v) is 7.70. The Morgan fingerprint density at radius 3 is 2.50 bits per heavy atom. The summed E-state index contributed by atoms with van der Waals surface area (Å²) in [5, 5.41) is 0. The van der Waals surface area contributed by atoms with Crippen molar-refractivity contribution in [2.45, 2.75) is 69.9 Å². The van der Waals surface area contributed by atoms with Gasteiger partial charge in [-0.05, 0) is 57.3 Å². The number of nitrogens with zero attached hydrogens (tertiary/aromatic N) is 1. The number of likely N-dealkylation sites (tertiary alicyclic amines) is 1. The van der Waals surface area contributed by atoms with E-state index in [-0.39, 0.29) is 5.91 Å². The Balaban J connectivity index is 1.75. The number of fused-ring (bicyclic) bond motifs is 1. The molecule has 2 N–H and O–H groups in total. The zero-order chi connectivity index (χ0) is 12.8. The second-order valence-electron chi connectivity index (χ2n) is 6.81. The van der Waals surface area contributed by atoms with Crippen LogP contribution in [0.25, 0.3) is 0 Å². The molecule has 0 aromatic rings. The summed E-state index contributed by atoms with van der Waals surface area (Å²) in [6.45, 7) is 2.90. The van der Waals surface area contributed by atoms with Crippen molar-refractivity contribution in [2.24, 2.45) is 17.6 Å². The van der Waals surface area contributed by atoms with Gasteiger partial charge < -0.3 is 10.6 Å². The molecule has 3 heteroatoms. The Labute approximate surface area is 110 Å². The van der Waals surface area contributed by atoms with Gasteiger partial charge in [-0.3, -0.25) is 4.79 Å². The van der Waals surface area contributed by atoms with Gasteiger partial charge in [-0.15, -0.1) is 0 Å². The van der Waals surface area contributed by atoms with Gasteiger partial charge in [0.25, 0.3) is 0 Å². The molecule has 3 unspecified atom stereocenters. The molecular formula is C15H26N2O. The molecule has 0 radical (unpaired) electrons. The highest BCUT2D eigenvalue weighted by Gasteiger charge is 2.48. The summed E-state index contributed by atoms with van der Waals surface area (Å²) in [4.78, 5) is 14.9. The van der Waals surface area contributed by atoms with Crippen LogP contribution in [-0.2, 0) is 4.79 Å². The fraction of sp³-hybridized carbons (Fsp3) is 0.933. The van der Waals surface area contributed by atoms with Crippen molar-refractivity contribution in [3.63, 3.8) is 0 Å². The van der Waals surface area contributed by atoms with Crippen LogP contribution < -0.4 is 5.73 Å². The first-order valence-electron chi connectivity index (χ1n) is 7.70. The van der Waals surface area contributed by atoms with Gasteiger partial charge in [-0.1, -0.05) is 12.8 Å². The smallest absolute Gasteiger partial charge is 0.242 e. The summed E-state index contributed by atoms with van der Waals surface area (Å²) in [5.41, 5.74) is 5.73. The van der Waals surface area contributed by atoms with Gasteiger partial charge in [0.05, 0.1) is 5.54 Å². The van der Waals surface area contributed by atoms with E-state index in [2.05, 4.69) is 4.90 Å². The van der Waals surface area contributed by atoms with E-state index >= 15 is 0 Å². The van der Waals surface area contributed by atoms with E-state index in [1.165, 1.54) is 38.5 Å². The number of amides is 1. The predicted molar refractivity (Wildman–Crippen MR) is 72.0 cm³/mol. The van der Waals surface area contributed by atoms with Crippen LogP contribution in [0, 0.1) is 11.8 Å². The van der Waals surface area contributed by atoms with Crippen LogP contribution in [0.2, 0.25) is 0 Å². The van der Waals surface area contributed by atoms with Crippen molar-refractivity contribution in [1.82, 2.24) is 4.90 Å². The summed E-state index contributed by atoms with van der Waals surface area (Å²) in [5.74, 6) is 1.43. The SMILES string of the molecule is CC(N)(C(=O)N1CCCC2CCCCC21)C1CC1. The van der Waals surface area contributed by atoms with Gasteiger partial charge in [0, 0.05) is 12.6 Å². The van der Waals surface area contributed by atoms with Gasteiger partial charge in [-0.2, -0.15) is 0 Å². The first kappa shape index (κ1) is 12.5. The summed E-state index contributed by atoms with van der Waals surface area (Å²) >= 11 is 0. The second-order valence-corrected chi connectivity index (χ2v) is 6.81. The maximum Gasteiger partial charge on any atom is 0.242 e. The molecule has 0 aromatic carbocycles. The lowest BCUT2D eigenvalue weighted by Gasteiger charge is -2.46. The number of hydrogen-bond donors (Lipinski definition) is 1. The van der Waals surface area contributed by atoms with Crippen LogP contribution in [0.5, 0.6) is 0 Å². The van der Waals surface area contributed by atoms with Crippen molar-refractivity contribution < 1.29 is 4.79 Å². The predicted octanol–water partition coefficient (Wildman–Crippen LogP) is 2.29. The Morgan fingerprint density at radius 2 is 1.78 bits per heavy atom. The first-order chi connectivity index (χ1) is 8.60. The highest BCUT2D eigenvalue weighted by Crippen LogP contribution is 2.41. The molecule has 3 fully saturated rings. The van der Waals surface area contributed by atoms with Crippen LogP contribution in [0.15, 0.2) is 0 Å². The monoisotopic (exact) mass is 250 g/mol. The average Bonchev–Trinajstić information content (AvgIpc) is 3.22. The molecule has 1 heterocycles. The molecular weight excluding hydrogens is 224 g/mol. The normalized spacial score (nSPS) is 35.8. The number of carbonyl (C=O) groups is 1. The minimum Gasteiger partial charge on any atom is -0.338 e. The molecule has 0 bridgehead atoms. The van der Waals surface area contributed by atoms with E-state index in [0.717, 1.165) is 25.3 Å². The van der Waals surface area contributed by atoms with Crippen molar-refractivity contribution in [1.29, 1.82) is 0 Å². The van der Waals surface area contributed by atoms with E-state index in [0.29, 0.717) is 12.0 Å². The van der Waals surface area contributed by atoms with Crippen molar-refractivity contribution in [3.05, 3.63) is 0 Å². The Kier molecular flexibility index (Phi) is 3.13. The number of nitrogens with two attached hydrogens (primary N) is 1. The molecule has 1 amide bonds. The zero-order valence-corrected chi connectivity index (χ0v) is 11.5. The van der Waals surface area contributed by atoms with Crippen molar-refractivity contribution in [2.75, 3.05) is 6.54 Å². The average molecular weight is 250 g/mol. The van der Waals surface area contributed by atoms with E-state index in [4.69, 9.17) is 5.73 Å². The summed E-state index contributed by atoms with van der Waals surface area (Å²) in [6.07, 6.45) is 9.94. The minimum absolute atomic E-state index is 0.238. The van der Waals surface area contributed by atoms with Crippen LogP contribution in [0.4, 0.5) is 0 Å². The molecule has 1 saturated heterocycles. The number of hydrogen-bond acceptors (Lipinski definition) is 2. The molecule has 2 aliphatic carbocycles.